The van der Waals surface area contributed by atoms with Crippen LogP contribution in [0.25, 0.3) is 0 Å². The van der Waals surface area contributed by atoms with Gasteiger partial charge >= 0.3 is 6.09 Å². The molecule has 2 unspecified atom stereocenters. The summed E-state index contributed by atoms with van der Waals surface area (Å²) in [5, 5.41) is 12.3. The third kappa shape index (κ3) is 3.76. The molecule has 0 saturated carbocycles. The van der Waals surface area contributed by atoms with Crippen LogP contribution in [-0.4, -0.2) is 23.2 Å². The lowest BCUT2D eigenvalue weighted by Crippen LogP contribution is -2.40. The minimum atomic E-state index is -1.14. The van der Waals surface area contributed by atoms with Gasteiger partial charge in [-0.25, -0.2) is 10.3 Å². The maximum absolute atomic E-state index is 11.7. The van der Waals surface area contributed by atoms with E-state index < -0.39 is 6.09 Å². The first-order valence-corrected chi connectivity index (χ1v) is 8.76. The molecule has 3 rings (SSSR count). The number of amides is 2. The highest BCUT2D eigenvalue weighted by Crippen LogP contribution is 2.45. The Morgan fingerprint density at radius 2 is 2.15 bits per heavy atom. The number of hydroxylamine groups is 1. The summed E-state index contributed by atoms with van der Waals surface area (Å²) in [7, 11) is 0. The summed E-state index contributed by atoms with van der Waals surface area (Å²) in [6.45, 7) is 4.09. The van der Waals surface area contributed by atoms with Gasteiger partial charge in [0.25, 0.3) is 0 Å². The maximum atomic E-state index is 11.7. The van der Waals surface area contributed by atoms with E-state index in [4.69, 9.17) is 16.4 Å². The number of carbonyl (C=O) groups is 2. The molecule has 0 radical (unpaired) electrons. The molecule has 2 amide bonds. The van der Waals surface area contributed by atoms with Crippen molar-refractivity contribution in [3.63, 3.8) is 0 Å². The molecular weight excluding hydrogens is 356 g/mol. The van der Waals surface area contributed by atoms with E-state index in [-0.39, 0.29) is 29.8 Å². The van der Waals surface area contributed by atoms with Gasteiger partial charge in [-0.1, -0.05) is 49.7 Å². The van der Waals surface area contributed by atoms with Crippen LogP contribution in [0.2, 0.25) is 5.02 Å². The van der Waals surface area contributed by atoms with Gasteiger partial charge in [-0.3, -0.25) is 14.9 Å². The van der Waals surface area contributed by atoms with Crippen molar-refractivity contribution in [2.45, 2.75) is 32.8 Å². The van der Waals surface area contributed by atoms with E-state index in [1.54, 1.807) is 12.1 Å². The molecule has 1 aromatic rings. The summed E-state index contributed by atoms with van der Waals surface area (Å²) in [6, 6.07) is 7.45. The fraction of sp³-hybridized carbons (Fsp3) is 0.368. The molecule has 0 bridgehead atoms. The van der Waals surface area contributed by atoms with Crippen LogP contribution in [0.15, 0.2) is 47.7 Å². The van der Waals surface area contributed by atoms with Crippen molar-refractivity contribution in [2.75, 3.05) is 0 Å². The minimum absolute atomic E-state index is 0.176. The molecule has 1 heterocycles. The summed E-state index contributed by atoms with van der Waals surface area (Å²) in [4.78, 5) is 28.5. The van der Waals surface area contributed by atoms with E-state index in [9.17, 15) is 14.7 Å². The SMILES string of the molecule is CC1(C)C=CC(NC(=O)O)=C(Cc2ccccc2Cl)C1C1CC(=O)NO1. The lowest BCUT2D eigenvalue weighted by atomic mass is 9.66. The molecule has 2 atom stereocenters. The van der Waals surface area contributed by atoms with Crippen LogP contribution in [0.5, 0.6) is 0 Å². The first kappa shape index (κ1) is 18.5. The normalized spacial score (nSPS) is 24.5. The fourth-order valence-electron chi connectivity index (χ4n) is 3.71. The highest BCUT2D eigenvalue weighted by molar-refractivity contribution is 6.31. The van der Waals surface area contributed by atoms with Crippen LogP contribution in [0, 0.1) is 11.3 Å². The molecule has 6 nitrogen and oxygen atoms in total. The standard InChI is InChI=1S/C19H21ClN2O4/c1-19(2)8-7-14(21-18(24)25)12(9-11-5-3-4-6-13(11)20)17(19)15-10-16(23)22-26-15/h3-8,15,17,21H,9-10H2,1-2H3,(H,22,23)(H,24,25). The monoisotopic (exact) mass is 376 g/mol. The number of carboxylic acid groups (broad SMARTS) is 1. The zero-order valence-electron chi connectivity index (χ0n) is 14.6. The second-order valence-electron chi connectivity index (χ2n) is 7.16. The number of allylic oxidation sites excluding steroid dienone is 2. The lowest BCUT2D eigenvalue weighted by molar-refractivity contribution is -0.125. The molecule has 1 aliphatic carbocycles. The number of halogens is 1. The van der Waals surface area contributed by atoms with Gasteiger partial charge in [0.1, 0.15) is 6.10 Å². The molecular formula is C19H21ClN2O4. The predicted octanol–water partition coefficient (Wildman–Crippen LogP) is 3.44. The molecule has 2 aliphatic rings. The molecule has 1 saturated heterocycles. The number of nitrogens with one attached hydrogen (secondary N) is 2. The Labute approximate surface area is 156 Å². The summed E-state index contributed by atoms with van der Waals surface area (Å²) in [5.74, 6) is -0.366. The fourth-order valence-corrected chi connectivity index (χ4v) is 3.91. The van der Waals surface area contributed by atoms with E-state index in [1.807, 2.05) is 38.1 Å². The van der Waals surface area contributed by atoms with Crippen molar-refractivity contribution < 1.29 is 19.5 Å². The minimum Gasteiger partial charge on any atom is -0.465 e. The van der Waals surface area contributed by atoms with Crippen molar-refractivity contribution in [2.24, 2.45) is 11.3 Å². The summed E-state index contributed by atoms with van der Waals surface area (Å²) < 4.78 is 0. The largest absolute Gasteiger partial charge is 0.465 e. The molecule has 1 aromatic carbocycles. The van der Waals surface area contributed by atoms with Gasteiger partial charge in [0.15, 0.2) is 0 Å². The highest BCUT2D eigenvalue weighted by atomic mass is 35.5. The van der Waals surface area contributed by atoms with Gasteiger partial charge in [0, 0.05) is 16.6 Å². The molecule has 1 fully saturated rings. The average molecular weight is 377 g/mol. The number of rotatable bonds is 4. The van der Waals surface area contributed by atoms with Crippen LogP contribution in [0.1, 0.15) is 25.8 Å². The first-order chi connectivity index (χ1) is 12.3. The van der Waals surface area contributed by atoms with Crippen molar-refractivity contribution in [3.05, 3.63) is 58.3 Å². The van der Waals surface area contributed by atoms with Crippen molar-refractivity contribution in [3.8, 4) is 0 Å². The third-order valence-electron chi connectivity index (χ3n) is 4.87. The second-order valence-corrected chi connectivity index (χ2v) is 7.56. The number of carbonyl (C=O) groups excluding carboxylic acids is 1. The Bertz CT molecular complexity index is 800. The third-order valence-corrected chi connectivity index (χ3v) is 5.23. The van der Waals surface area contributed by atoms with E-state index in [2.05, 4.69) is 10.8 Å². The van der Waals surface area contributed by atoms with Gasteiger partial charge < -0.3 is 5.11 Å². The second kappa shape index (κ2) is 7.13. The zero-order chi connectivity index (χ0) is 18.9. The van der Waals surface area contributed by atoms with Crippen LogP contribution < -0.4 is 10.8 Å². The predicted molar refractivity (Wildman–Crippen MR) is 97.4 cm³/mol. The lowest BCUT2D eigenvalue weighted by Gasteiger charge is -2.40. The van der Waals surface area contributed by atoms with Crippen LogP contribution >= 0.6 is 11.6 Å². The highest BCUT2D eigenvalue weighted by Gasteiger charge is 2.44. The quantitative estimate of drug-likeness (QED) is 0.751. The molecule has 0 spiro atoms. The Kier molecular flexibility index (Phi) is 5.07. The average Bonchev–Trinajstić information content (AvgIpc) is 2.97. The first-order valence-electron chi connectivity index (χ1n) is 8.38. The number of hydrogen-bond donors (Lipinski definition) is 3. The van der Waals surface area contributed by atoms with Gasteiger partial charge in [-0.15, -0.1) is 0 Å². The van der Waals surface area contributed by atoms with E-state index >= 15 is 0 Å². The Hall–Kier alpha value is -2.31. The molecule has 7 heteroatoms. The topological polar surface area (TPSA) is 87.7 Å². The zero-order valence-corrected chi connectivity index (χ0v) is 15.3. The summed E-state index contributed by atoms with van der Waals surface area (Å²) >= 11 is 6.32. The van der Waals surface area contributed by atoms with Gasteiger partial charge in [0.2, 0.25) is 5.91 Å². The molecule has 1 aliphatic heterocycles. The van der Waals surface area contributed by atoms with Crippen molar-refractivity contribution in [1.82, 2.24) is 10.8 Å². The Balaban J connectivity index is 2.06. The molecule has 3 N–H and O–H groups in total. The Morgan fingerprint density at radius 3 is 2.77 bits per heavy atom. The molecule has 0 aromatic heterocycles. The van der Waals surface area contributed by atoms with E-state index in [1.165, 1.54) is 0 Å². The van der Waals surface area contributed by atoms with Crippen molar-refractivity contribution in [1.29, 1.82) is 0 Å². The van der Waals surface area contributed by atoms with Gasteiger partial charge in [-0.05, 0) is 35.1 Å². The number of benzene rings is 1. The number of hydrogen-bond acceptors (Lipinski definition) is 3. The van der Waals surface area contributed by atoms with E-state index in [0.717, 1.165) is 11.1 Å². The van der Waals surface area contributed by atoms with Crippen LogP contribution in [0.3, 0.4) is 0 Å². The van der Waals surface area contributed by atoms with Crippen LogP contribution in [0.4, 0.5) is 4.79 Å². The van der Waals surface area contributed by atoms with Crippen molar-refractivity contribution >= 4 is 23.6 Å². The maximum Gasteiger partial charge on any atom is 0.409 e. The van der Waals surface area contributed by atoms with Gasteiger partial charge in [-0.2, -0.15) is 0 Å². The van der Waals surface area contributed by atoms with E-state index in [0.29, 0.717) is 17.1 Å². The molecule has 138 valence electrons. The smallest absolute Gasteiger partial charge is 0.409 e. The Morgan fingerprint density at radius 1 is 1.42 bits per heavy atom. The van der Waals surface area contributed by atoms with Gasteiger partial charge in [0.05, 0.1) is 6.42 Å². The van der Waals surface area contributed by atoms with Crippen LogP contribution in [-0.2, 0) is 16.1 Å². The summed E-state index contributed by atoms with van der Waals surface area (Å²) in [5.41, 5.74) is 4.34. The molecule has 26 heavy (non-hydrogen) atoms. The summed E-state index contributed by atoms with van der Waals surface area (Å²) in [6.07, 6.45) is 2.90.